The zero-order chi connectivity index (χ0) is 7.49. The van der Waals surface area contributed by atoms with Crippen molar-refractivity contribution in [2.45, 2.75) is 19.4 Å². The maximum Gasteiger partial charge on any atom is 0.0675 e. The Labute approximate surface area is 55.8 Å². The molecule has 0 spiro atoms. The van der Waals surface area contributed by atoms with Gasteiger partial charge in [-0.2, -0.15) is 0 Å². The first-order chi connectivity index (χ1) is 4.02. The Morgan fingerprint density at radius 3 is 2.11 bits per heavy atom. The summed E-state index contributed by atoms with van der Waals surface area (Å²) in [4.78, 5) is 0. The molecule has 0 heterocycles. The van der Waals surface area contributed by atoms with Gasteiger partial charge in [0, 0.05) is 5.92 Å². The minimum atomic E-state index is -0.851. The molecule has 0 saturated heterocycles. The molecule has 0 bridgehead atoms. The highest BCUT2D eigenvalue weighted by atomic mass is 16.3. The number of aliphatic hydroxyl groups excluding tert-OH is 1. The van der Waals surface area contributed by atoms with Gasteiger partial charge in [-0.1, -0.05) is 6.08 Å². The molecule has 0 unspecified atom stereocenters. The number of hydrogen-bond acceptors (Lipinski definition) is 2. The standard InChI is InChI=1S/C7H14O2/c1-4-6(5-8)7(2,3)9/h4,6,8-9H,1,5H2,2-3H3/t6-/m0/s1. The molecule has 1 atom stereocenters. The molecule has 54 valence electrons. The Hall–Kier alpha value is -0.340. The average molecular weight is 130 g/mol. The van der Waals surface area contributed by atoms with Gasteiger partial charge in [-0.25, -0.2) is 0 Å². The Morgan fingerprint density at radius 1 is 1.67 bits per heavy atom. The molecule has 0 aromatic carbocycles. The van der Waals surface area contributed by atoms with Gasteiger partial charge in [-0.3, -0.25) is 0 Å². The van der Waals surface area contributed by atoms with Crippen molar-refractivity contribution in [3.63, 3.8) is 0 Å². The first kappa shape index (κ1) is 8.66. The van der Waals surface area contributed by atoms with E-state index in [4.69, 9.17) is 5.11 Å². The van der Waals surface area contributed by atoms with Crippen molar-refractivity contribution in [3.8, 4) is 0 Å². The highest BCUT2D eigenvalue weighted by Crippen LogP contribution is 2.15. The number of rotatable bonds is 3. The Morgan fingerprint density at radius 2 is 2.11 bits per heavy atom. The summed E-state index contributed by atoms with van der Waals surface area (Å²) < 4.78 is 0. The number of hydrogen-bond donors (Lipinski definition) is 2. The van der Waals surface area contributed by atoms with E-state index in [9.17, 15) is 5.11 Å². The largest absolute Gasteiger partial charge is 0.396 e. The monoisotopic (exact) mass is 130 g/mol. The molecule has 2 N–H and O–H groups in total. The maximum atomic E-state index is 9.25. The number of aliphatic hydroxyl groups is 2. The average Bonchev–Trinajstić information content (AvgIpc) is 1.65. The van der Waals surface area contributed by atoms with Crippen LogP contribution in [0.3, 0.4) is 0 Å². The van der Waals surface area contributed by atoms with Gasteiger partial charge in [0.2, 0.25) is 0 Å². The van der Waals surface area contributed by atoms with Crippen molar-refractivity contribution in [1.82, 2.24) is 0 Å². The van der Waals surface area contributed by atoms with Crippen LogP contribution in [0.25, 0.3) is 0 Å². The maximum absolute atomic E-state index is 9.25. The van der Waals surface area contributed by atoms with Gasteiger partial charge < -0.3 is 10.2 Å². The predicted molar refractivity (Wildman–Crippen MR) is 37.1 cm³/mol. The molecule has 0 aromatic rings. The predicted octanol–water partition coefficient (Wildman–Crippen LogP) is 0.552. The van der Waals surface area contributed by atoms with Crippen LogP contribution in [0.5, 0.6) is 0 Å². The van der Waals surface area contributed by atoms with E-state index in [1.165, 1.54) is 0 Å². The van der Waals surface area contributed by atoms with Crippen LogP contribution in [0.15, 0.2) is 12.7 Å². The Bertz CT molecular complexity index is 91.6. The summed E-state index contributed by atoms with van der Waals surface area (Å²) in [5, 5.41) is 17.9. The highest BCUT2D eigenvalue weighted by molar-refractivity contribution is 4.89. The molecule has 0 saturated carbocycles. The smallest absolute Gasteiger partial charge is 0.0675 e. The molecule has 0 aromatic heterocycles. The molecule has 0 fully saturated rings. The van der Waals surface area contributed by atoms with Crippen LogP contribution in [0.1, 0.15) is 13.8 Å². The molecule has 0 amide bonds. The molecule has 0 radical (unpaired) electrons. The van der Waals surface area contributed by atoms with Crippen LogP contribution < -0.4 is 0 Å². The van der Waals surface area contributed by atoms with Crippen molar-refractivity contribution >= 4 is 0 Å². The SMILES string of the molecule is C=C[C@@H](CO)C(C)(C)O. The van der Waals surface area contributed by atoms with Crippen LogP contribution in [0.4, 0.5) is 0 Å². The van der Waals surface area contributed by atoms with Crippen LogP contribution >= 0.6 is 0 Å². The van der Waals surface area contributed by atoms with Crippen LogP contribution in [-0.2, 0) is 0 Å². The van der Waals surface area contributed by atoms with Crippen LogP contribution in [-0.4, -0.2) is 22.4 Å². The molecule has 2 heteroatoms. The van der Waals surface area contributed by atoms with Gasteiger partial charge in [0.15, 0.2) is 0 Å². The van der Waals surface area contributed by atoms with Crippen molar-refractivity contribution in [2.75, 3.05) is 6.61 Å². The lowest BCUT2D eigenvalue weighted by molar-refractivity contribution is 0.0134. The third-order valence-electron chi connectivity index (χ3n) is 1.39. The molecule has 0 rings (SSSR count). The summed E-state index contributed by atoms with van der Waals surface area (Å²) in [6.45, 7) is 6.73. The Balaban J connectivity index is 3.94. The lowest BCUT2D eigenvalue weighted by Gasteiger charge is -2.24. The molecule has 0 aliphatic heterocycles. The summed E-state index contributed by atoms with van der Waals surface area (Å²) in [6.07, 6.45) is 1.56. The topological polar surface area (TPSA) is 40.5 Å². The van der Waals surface area contributed by atoms with E-state index in [1.54, 1.807) is 19.9 Å². The summed E-state index contributed by atoms with van der Waals surface area (Å²) in [5.74, 6) is -0.225. The van der Waals surface area contributed by atoms with E-state index in [1.807, 2.05) is 0 Å². The zero-order valence-electron chi connectivity index (χ0n) is 5.96. The third kappa shape index (κ3) is 2.63. The van der Waals surface area contributed by atoms with Crippen LogP contribution in [0, 0.1) is 5.92 Å². The summed E-state index contributed by atoms with van der Waals surface area (Å²) in [6, 6.07) is 0. The quantitative estimate of drug-likeness (QED) is 0.548. The van der Waals surface area contributed by atoms with E-state index in [-0.39, 0.29) is 12.5 Å². The van der Waals surface area contributed by atoms with E-state index in [2.05, 4.69) is 6.58 Å². The fourth-order valence-electron chi connectivity index (χ4n) is 0.586. The second-order valence-corrected chi connectivity index (χ2v) is 2.68. The molecule has 2 nitrogen and oxygen atoms in total. The molecular weight excluding hydrogens is 116 g/mol. The van der Waals surface area contributed by atoms with E-state index in [0.717, 1.165) is 0 Å². The van der Waals surface area contributed by atoms with Crippen molar-refractivity contribution < 1.29 is 10.2 Å². The summed E-state index contributed by atoms with van der Waals surface area (Å²) in [5.41, 5.74) is -0.851. The van der Waals surface area contributed by atoms with Crippen LogP contribution in [0.2, 0.25) is 0 Å². The van der Waals surface area contributed by atoms with E-state index in [0.29, 0.717) is 0 Å². The van der Waals surface area contributed by atoms with Crippen molar-refractivity contribution in [2.24, 2.45) is 5.92 Å². The first-order valence-electron chi connectivity index (χ1n) is 2.98. The fraction of sp³-hybridized carbons (Fsp3) is 0.714. The second kappa shape index (κ2) is 2.99. The van der Waals surface area contributed by atoms with Crippen molar-refractivity contribution in [3.05, 3.63) is 12.7 Å². The second-order valence-electron chi connectivity index (χ2n) is 2.68. The molecular formula is C7H14O2. The lowest BCUT2D eigenvalue weighted by atomic mass is 9.92. The molecule has 0 aliphatic rings. The summed E-state index contributed by atoms with van der Waals surface area (Å²) >= 11 is 0. The Kier molecular flexibility index (Phi) is 2.88. The van der Waals surface area contributed by atoms with Gasteiger partial charge in [0.05, 0.1) is 12.2 Å². The summed E-state index contributed by atoms with van der Waals surface area (Å²) in [7, 11) is 0. The highest BCUT2D eigenvalue weighted by Gasteiger charge is 2.22. The minimum absolute atomic E-state index is 0.0486. The van der Waals surface area contributed by atoms with Gasteiger partial charge in [0.1, 0.15) is 0 Å². The first-order valence-corrected chi connectivity index (χ1v) is 2.98. The van der Waals surface area contributed by atoms with Gasteiger partial charge in [-0.15, -0.1) is 6.58 Å². The van der Waals surface area contributed by atoms with Crippen molar-refractivity contribution in [1.29, 1.82) is 0 Å². The van der Waals surface area contributed by atoms with Gasteiger partial charge in [-0.05, 0) is 13.8 Å². The van der Waals surface area contributed by atoms with Gasteiger partial charge >= 0.3 is 0 Å². The van der Waals surface area contributed by atoms with E-state index < -0.39 is 5.60 Å². The minimum Gasteiger partial charge on any atom is -0.396 e. The fourth-order valence-corrected chi connectivity index (χ4v) is 0.586. The molecule has 9 heavy (non-hydrogen) atoms. The van der Waals surface area contributed by atoms with E-state index >= 15 is 0 Å². The normalized spacial score (nSPS) is 15.1. The third-order valence-corrected chi connectivity index (χ3v) is 1.39. The molecule has 0 aliphatic carbocycles. The zero-order valence-corrected chi connectivity index (χ0v) is 5.96. The lowest BCUT2D eigenvalue weighted by Crippen LogP contribution is -2.31. The van der Waals surface area contributed by atoms with Gasteiger partial charge in [0.25, 0.3) is 0 Å².